The molecule has 1 saturated carbocycles. The van der Waals surface area contributed by atoms with Crippen LogP contribution < -0.4 is 5.32 Å². The van der Waals surface area contributed by atoms with Gasteiger partial charge in [-0.1, -0.05) is 27.5 Å². The molecule has 0 radical (unpaired) electrons. The minimum atomic E-state index is 0.678. The molecule has 1 aromatic carbocycles. The lowest BCUT2D eigenvalue weighted by atomic mass is 10.2. The summed E-state index contributed by atoms with van der Waals surface area (Å²) in [6.45, 7) is 0.920. The molecule has 3 rings (SSSR count). The maximum absolute atomic E-state index is 6.03. The first-order chi connectivity index (χ1) is 9.20. The Morgan fingerprint density at radius 3 is 2.95 bits per heavy atom. The third kappa shape index (κ3) is 3.59. The molecule has 1 heterocycles. The van der Waals surface area contributed by atoms with Crippen LogP contribution in [0.25, 0.3) is 11.3 Å². The molecule has 0 unspecified atom stereocenters. The number of nitrogens with zero attached hydrogens (tertiary/aromatic N) is 1. The van der Waals surface area contributed by atoms with Crippen molar-refractivity contribution in [2.24, 2.45) is 0 Å². The molecule has 100 valence electrons. The van der Waals surface area contributed by atoms with E-state index in [-0.39, 0.29) is 0 Å². The monoisotopic (exact) mass is 340 g/mol. The lowest BCUT2D eigenvalue weighted by molar-refractivity contribution is 0.494. The molecular weight excluding hydrogens is 328 g/mol. The van der Waals surface area contributed by atoms with E-state index in [9.17, 15) is 0 Å². The molecular formula is C14H14BrClN2O. The van der Waals surface area contributed by atoms with Crippen LogP contribution in [0.5, 0.6) is 0 Å². The van der Waals surface area contributed by atoms with Gasteiger partial charge in [0.15, 0.2) is 11.7 Å². The van der Waals surface area contributed by atoms with Crippen LogP contribution in [-0.2, 0) is 6.42 Å². The van der Waals surface area contributed by atoms with Crippen molar-refractivity contribution in [3.05, 3.63) is 39.8 Å². The van der Waals surface area contributed by atoms with Crippen molar-refractivity contribution in [3.8, 4) is 11.3 Å². The van der Waals surface area contributed by atoms with Crippen LogP contribution in [0.2, 0.25) is 5.02 Å². The molecule has 0 bridgehead atoms. The fourth-order valence-corrected chi connectivity index (χ4v) is 2.79. The molecule has 1 aliphatic carbocycles. The van der Waals surface area contributed by atoms with E-state index in [1.165, 1.54) is 12.8 Å². The summed E-state index contributed by atoms with van der Waals surface area (Å²) in [5.41, 5.74) is 0.938. The highest BCUT2D eigenvalue weighted by molar-refractivity contribution is 9.10. The molecule has 0 atom stereocenters. The molecule has 1 aromatic heterocycles. The average Bonchev–Trinajstić information content (AvgIpc) is 3.04. The van der Waals surface area contributed by atoms with Gasteiger partial charge in [-0.15, -0.1) is 0 Å². The van der Waals surface area contributed by atoms with E-state index >= 15 is 0 Å². The molecule has 1 aliphatic rings. The smallest absolute Gasteiger partial charge is 0.196 e. The normalized spacial score (nSPS) is 14.8. The summed E-state index contributed by atoms with van der Waals surface area (Å²) in [5.74, 6) is 1.52. The van der Waals surface area contributed by atoms with Gasteiger partial charge in [-0.25, -0.2) is 4.98 Å². The second kappa shape index (κ2) is 5.65. The number of rotatable bonds is 5. The number of hydrogen-bond acceptors (Lipinski definition) is 3. The topological polar surface area (TPSA) is 38.1 Å². The lowest BCUT2D eigenvalue weighted by Gasteiger charge is -2.00. The third-order valence-corrected chi connectivity index (χ3v) is 3.73. The number of halogens is 2. The molecule has 0 amide bonds. The van der Waals surface area contributed by atoms with E-state index in [1.54, 1.807) is 6.20 Å². The molecule has 19 heavy (non-hydrogen) atoms. The number of benzene rings is 1. The van der Waals surface area contributed by atoms with Crippen LogP contribution in [-0.4, -0.2) is 17.6 Å². The maximum Gasteiger partial charge on any atom is 0.196 e. The highest BCUT2D eigenvalue weighted by Gasteiger charge is 2.20. The van der Waals surface area contributed by atoms with Crippen LogP contribution in [0, 0.1) is 0 Å². The van der Waals surface area contributed by atoms with Gasteiger partial charge in [0.25, 0.3) is 0 Å². The second-order valence-electron chi connectivity index (χ2n) is 4.75. The standard InChI is InChI=1S/C14H14BrClN2O/c15-10-5-9(6-11(16)7-10)13-8-18-14(19-13)3-4-17-12-1-2-12/h5-8,12,17H,1-4H2. The average molecular weight is 342 g/mol. The van der Waals surface area contributed by atoms with E-state index in [4.69, 9.17) is 16.0 Å². The molecule has 2 aromatic rings. The number of nitrogens with one attached hydrogen (secondary N) is 1. The minimum absolute atomic E-state index is 0.678. The summed E-state index contributed by atoms with van der Waals surface area (Å²) in [6.07, 6.45) is 5.17. The van der Waals surface area contributed by atoms with Gasteiger partial charge >= 0.3 is 0 Å². The predicted octanol–water partition coefficient (Wildman–Crippen LogP) is 4.05. The summed E-state index contributed by atoms with van der Waals surface area (Å²) in [7, 11) is 0. The highest BCUT2D eigenvalue weighted by atomic mass is 79.9. The van der Waals surface area contributed by atoms with Crippen molar-refractivity contribution >= 4 is 27.5 Å². The zero-order valence-electron chi connectivity index (χ0n) is 10.3. The number of aromatic nitrogens is 1. The summed E-state index contributed by atoms with van der Waals surface area (Å²) in [4.78, 5) is 4.30. The van der Waals surface area contributed by atoms with Crippen molar-refractivity contribution < 1.29 is 4.42 Å². The van der Waals surface area contributed by atoms with Gasteiger partial charge in [0.2, 0.25) is 0 Å². The van der Waals surface area contributed by atoms with E-state index in [0.717, 1.165) is 40.7 Å². The summed E-state index contributed by atoms with van der Waals surface area (Å²) in [5, 5.41) is 4.12. The highest BCUT2D eigenvalue weighted by Crippen LogP contribution is 2.28. The largest absolute Gasteiger partial charge is 0.441 e. The fraction of sp³-hybridized carbons (Fsp3) is 0.357. The molecule has 0 spiro atoms. The zero-order chi connectivity index (χ0) is 13.2. The Balaban J connectivity index is 1.68. The first kappa shape index (κ1) is 13.2. The Bertz CT molecular complexity index is 560. The van der Waals surface area contributed by atoms with Crippen molar-refractivity contribution in [2.45, 2.75) is 25.3 Å². The van der Waals surface area contributed by atoms with Gasteiger partial charge in [0.05, 0.1) is 6.20 Å². The Kier molecular flexibility index (Phi) is 3.91. The summed E-state index contributed by atoms with van der Waals surface area (Å²) < 4.78 is 6.68. The van der Waals surface area contributed by atoms with Gasteiger partial charge in [-0.05, 0) is 31.0 Å². The Morgan fingerprint density at radius 1 is 1.37 bits per heavy atom. The molecule has 1 fully saturated rings. The Labute approximate surface area is 125 Å². The van der Waals surface area contributed by atoms with Crippen molar-refractivity contribution in [1.29, 1.82) is 0 Å². The second-order valence-corrected chi connectivity index (χ2v) is 6.11. The van der Waals surface area contributed by atoms with Crippen molar-refractivity contribution in [3.63, 3.8) is 0 Å². The van der Waals surface area contributed by atoms with Crippen molar-refractivity contribution in [2.75, 3.05) is 6.54 Å². The molecule has 5 heteroatoms. The molecule has 3 nitrogen and oxygen atoms in total. The molecule has 1 N–H and O–H groups in total. The predicted molar refractivity (Wildman–Crippen MR) is 79.4 cm³/mol. The Morgan fingerprint density at radius 2 is 2.21 bits per heavy atom. The SMILES string of the molecule is Clc1cc(Br)cc(-c2cnc(CCNC3CC3)o2)c1. The van der Waals surface area contributed by atoms with Crippen LogP contribution in [0.3, 0.4) is 0 Å². The Hall–Kier alpha value is -0.840. The fourth-order valence-electron chi connectivity index (χ4n) is 1.93. The molecule has 0 aliphatic heterocycles. The minimum Gasteiger partial charge on any atom is -0.441 e. The third-order valence-electron chi connectivity index (χ3n) is 3.05. The number of oxazole rings is 1. The van der Waals surface area contributed by atoms with E-state index in [1.807, 2.05) is 18.2 Å². The van der Waals surface area contributed by atoms with Crippen molar-refractivity contribution in [1.82, 2.24) is 10.3 Å². The van der Waals surface area contributed by atoms with Crippen LogP contribution >= 0.6 is 27.5 Å². The van der Waals surface area contributed by atoms with Gasteiger partial charge < -0.3 is 9.73 Å². The van der Waals surface area contributed by atoms with Crippen LogP contribution in [0.1, 0.15) is 18.7 Å². The quantitative estimate of drug-likeness (QED) is 0.891. The van der Waals surface area contributed by atoms with Gasteiger partial charge in [-0.3, -0.25) is 0 Å². The van der Waals surface area contributed by atoms with E-state index in [2.05, 4.69) is 26.2 Å². The first-order valence-electron chi connectivity index (χ1n) is 6.35. The lowest BCUT2D eigenvalue weighted by Crippen LogP contribution is -2.19. The summed E-state index contributed by atoms with van der Waals surface area (Å²) in [6, 6.07) is 6.41. The van der Waals surface area contributed by atoms with Gasteiger partial charge in [0, 0.05) is 34.1 Å². The van der Waals surface area contributed by atoms with Crippen LogP contribution in [0.15, 0.2) is 33.3 Å². The van der Waals surface area contributed by atoms with E-state index < -0.39 is 0 Å². The first-order valence-corrected chi connectivity index (χ1v) is 7.52. The number of hydrogen-bond donors (Lipinski definition) is 1. The maximum atomic E-state index is 6.03. The summed E-state index contributed by atoms with van der Waals surface area (Å²) >= 11 is 9.46. The zero-order valence-corrected chi connectivity index (χ0v) is 12.7. The van der Waals surface area contributed by atoms with Crippen LogP contribution in [0.4, 0.5) is 0 Å². The van der Waals surface area contributed by atoms with E-state index in [0.29, 0.717) is 5.02 Å². The van der Waals surface area contributed by atoms with Gasteiger partial charge in [-0.2, -0.15) is 0 Å². The van der Waals surface area contributed by atoms with Gasteiger partial charge in [0.1, 0.15) is 0 Å². The molecule has 0 saturated heterocycles.